The maximum Gasteiger partial charge on any atom is 0.247 e. The highest BCUT2D eigenvalue weighted by Crippen LogP contribution is 2.22. The first-order valence-electron chi connectivity index (χ1n) is 11.6. The number of para-hydroxylation sites is 1. The quantitative estimate of drug-likeness (QED) is 0.368. The Labute approximate surface area is 192 Å². The molecule has 0 unspecified atom stereocenters. The number of hydrogen-bond acceptors (Lipinski definition) is 3. The van der Waals surface area contributed by atoms with Crippen LogP contribution >= 0.6 is 0 Å². The summed E-state index contributed by atoms with van der Waals surface area (Å²) in [6.45, 7) is 6.11. The molecule has 4 N–H and O–H groups in total. The molecule has 0 heterocycles. The Bertz CT molecular complexity index is 1010. The second-order valence-corrected chi connectivity index (χ2v) is 8.40. The lowest BCUT2D eigenvalue weighted by molar-refractivity contribution is -0.118. The molecule has 0 fully saturated rings. The molecular formula is C28H35N3O. The zero-order chi connectivity index (χ0) is 22.9. The number of fused-ring (bicyclic) bond motifs is 1. The fourth-order valence-corrected chi connectivity index (χ4v) is 4.05. The number of unbranched alkanes of at least 4 members (excludes halogenated alkanes) is 1. The van der Waals surface area contributed by atoms with Gasteiger partial charge in [-0.1, -0.05) is 68.8 Å². The third-order valence-electron chi connectivity index (χ3n) is 5.78. The van der Waals surface area contributed by atoms with Crippen molar-refractivity contribution in [3.8, 4) is 0 Å². The van der Waals surface area contributed by atoms with Crippen molar-refractivity contribution in [3.05, 3.63) is 100 Å². The van der Waals surface area contributed by atoms with E-state index >= 15 is 0 Å². The topological polar surface area (TPSA) is 67.2 Å². The summed E-state index contributed by atoms with van der Waals surface area (Å²) in [5, 5.41) is 6.66. The molecule has 0 spiro atoms. The first kappa shape index (κ1) is 23.4. The van der Waals surface area contributed by atoms with Crippen LogP contribution in [-0.2, 0) is 24.1 Å². The van der Waals surface area contributed by atoms with E-state index in [2.05, 4.69) is 73.0 Å². The zero-order valence-electron chi connectivity index (χ0n) is 19.4. The average molecular weight is 430 g/mol. The SMILES string of the molecule is CCC/C=C(/C=C(N)\C=C(/C)C(=O)NC1Cc2ccccc2C1)Nc1ccccc1CC. The Morgan fingerprint density at radius 1 is 1.03 bits per heavy atom. The number of rotatable bonds is 9. The van der Waals surface area contributed by atoms with Crippen LogP contribution < -0.4 is 16.4 Å². The summed E-state index contributed by atoms with van der Waals surface area (Å²) in [5.41, 5.74) is 13.4. The van der Waals surface area contributed by atoms with Gasteiger partial charge in [-0.2, -0.15) is 0 Å². The van der Waals surface area contributed by atoms with E-state index in [0.29, 0.717) is 11.3 Å². The van der Waals surface area contributed by atoms with Crippen molar-refractivity contribution in [2.75, 3.05) is 5.32 Å². The predicted octanol–water partition coefficient (Wildman–Crippen LogP) is 5.42. The van der Waals surface area contributed by atoms with Gasteiger partial charge in [0.2, 0.25) is 5.91 Å². The number of nitrogens with one attached hydrogen (secondary N) is 2. The largest absolute Gasteiger partial charge is 0.399 e. The maximum atomic E-state index is 12.7. The molecule has 1 amide bonds. The van der Waals surface area contributed by atoms with Crippen molar-refractivity contribution in [1.29, 1.82) is 0 Å². The van der Waals surface area contributed by atoms with Gasteiger partial charge in [0.05, 0.1) is 0 Å². The summed E-state index contributed by atoms with van der Waals surface area (Å²) in [7, 11) is 0. The van der Waals surface area contributed by atoms with Crippen LogP contribution in [0.5, 0.6) is 0 Å². The number of amides is 1. The molecule has 2 aromatic rings. The Hall–Kier alpha value is -3.27. The molecule has 0 aliphatic heterocycles. The van der Waals surface area contributed by atoms with Crippen LogP contribution in [0.4, 0.5) is 5.69 Å². The molecule has 1 aliphatic carbocycles. The molecule has 32 heavy (non-hydrogen) atoms. The maximum absolute atomic E-state index is 12.7. The average Bonchev–Trinajstić information content (AvgIpc) is 3.20. The van der Waals surface area contributed by atoms with Gasteiger partial charge >= 0.3 is 0 Å². The number of anilines is 1. The van der Waals surface area contributed by atoms with E-state index in [1.807, 2.05) is 19.1 Å². The van der Waals surface area contributed by atoms with Gasteiger partial charge in [-0.05, 0) is 67.5 Å². The highest BCUT2D eigenvalue weighted by atomic mass is 16.1. The normalized spacial score (nSPS) is 14.9. The molecule has 4 nitrogen and oxygen atoms in total. The lowest BCUT2D eigenvalue weighted by Crippen LogP contribution is -2.35. The number of benzene rings is 2. The molecule has 0 aromatic heterocycles. The predicted molar refractivity (Wildman–Crippen MR) is 134 cm³/mol. The van der Waals surface area contributed by atoms with E-state index < -0.39 is 0 Å². The van der Waals surface area contributed by atoms with Crippen LogP contribution in [0.25, 0.3) is 0 Å². The Kier molecular flexibility index (Phi) is 8.32. The summed E-state index contributed by atoms with van der Waals surface area (Å²) < 4.78 is 0. The smallest absolute Gasteiger partial charge is 0.247 e. The Morgan fingerprint density at radius 2 is 1.69 bits per heavy atom. The summed E-state index contributed by atoms with van der Waals surface area (Å²) >= 11 is 0. The van der Waals surface area contributed by atoms with Gasteiger partial charge in [-0.25, -0.2) is 0 Å². The van der Waals surface area contributed by atoms with Crippen LogP contribution in [0.15, 0.2) is 83.7 Å². The molecule has 168 valence electrons. The number of carbonyl (C=O) groups is 1. The van der Waals surface area contributed by atoms with E-state index in [9.17, 15) is 4.79 Å². The van der Waals surface area contributed by atoms with Crippen LogP contribution in [0.3, 0.4) is 0 Å². The van der Waals surface area contributed by atoms with Gasteiger partial charge < -0.3 is 16.4 Å². The highest BCUT2D eigenvalue weighted by molar-refractivity contribution is 5.93. The second kappa shape index (κ2) is 11.4. The molecule has 0 saturated carbocycles. The lowest BCUT2D eigenvalue weighted by Gasteiger charge is -2.13. The minimum absolute atomic E-state index is 0.0671. The summed E-state index contributed by atoms with van der Waals surface area (Å²) in [6.07, 6.45) is 10.5. The van der Waals surface area contributed by atoms with Crippen LogP contribution in [0, 0.1) is 0 Å². The van der Waals surface area contributed by atoms with Crippen LogP contribution in [-0.4, -0.2) is 11.9 Å². The zero-order valence-corrected chi connectivity index (χ0v) is 19.4. The molecule has 0 atom stereocenters. The molecule has 4 heteroatoms. The molecule has 0 saturated heterocycles. The van der Waals surface area contributed by atoms with E-state index in [4.69, 9.17) is 5.73 Å². The standard InChI is InChI=1S/C28H35N3O/c1-4-6-14-25(30-27-15-10-9-11-21(27)5-2)19-24(29)16-20(3)28(32)31-26-17-22-12-7-8-13-23(22)18-26/h7-16,19,26,30H,4-6,17-18,29H2,1-3H3,(H,31,32)/b20-16+,24-19+,25-14-. The lowest BCUT2D eigenvalue weighted by atomic mass is 10.1. The molecule has 0 bridgehead atoms. The minimum atomic E-state index is -0.0671. The number of nitrogens with two attached hydrogens (primary N) is 1. The Balaban J connectivity index is 1.68. The summed E-state index contributed by atoms with van der Waals surface area (Å²) in [6, 6.07) is 16.8. The van der Waals surface area contributed by atoms with E-state index in [1.165, 1.54) is 16.7 Å². The van der Waals surface area contributed by atoms with Gasteiger partial charge in [0, 0.05) is 28.7 Å². The van der Waals surface area contributed by atoms with Gasteiger partial charge in [0.15, 0.2) is 0 Å². The van der Waals surface area contributed by atoms with Crippen molar-refractivity contribution in [2.45, 2.75) is 58.9 Å². The van der Waals surface area contributed by atoms with Gasteiger partial charge in [-0.3, -0.25) is 4.79 Å². The Morgan fingerprint density at radius 3 is 2.34 bits per heavy atom. The number of allylic oxidation sites excluding steroid dienone is 3. The van der Waals surface area contributed by atoms with Crippen molar-refractivity contribution in [2.24, 2.45) is 5.73 Å². The van der Waals surface area contributed by atoms with Crippen LogP contribution in [0.2, 0.25) is 0 Å². The van der Waals surface area contributed by atoms with Crippen molar-refractivity contribution in [3.63, 3.8) is 0 Å². The van der Waals surface area contributed by atoms with E-state index in [1.54, 1.807) is 6.08 Å². The molecular weight excluding hydrogens is 394 g/mol. The first-order chi connectivity index (χ1) is 15.5. The van der Waals surface area contributed by atoms with Crippen molar-refractivity contribution in [1.82, 2.24) is 5.32 Å². The number of carbonyl (C=O) groups excluding carboxylic acids is 1. The summed E-state index contributed by atoms with van der Waals surface area (Å²) in [4.78, 5) is 12.7. The monoisotopic (exact) mass is 429 g/mol. The third kappa shape index (κ3) is 6.36. The fraction of sp³-hybridized carbons (Fsp3) is 0.321. The van der Waals surface area contributed by atoms with E-state index in [-0.39, 0.29) is 11.9 Å². The van der Waals surface area contributed by atoms with Crippen molar-refractivity contribution < 1.29 is 4.79 Å². The first-order valence-corrected chi connectivity index (χ1v) is 11.6. The third-order valence-corrected chi connectivity index (χ3v) is 5.78. The molecule has 3 rings (SSSR count). The van der Waals surface area contributed by atoms with Crippen LogP contribution in [0.1, 0.15) is 50.3 Å². The number of hydrogen-bond donors (Lipinski definition) is 3. The van der Waals surface area contributed by atoms with Gasteiger partial charge in [0.1, 0.15) is 0 Å². The number of aryl methyl sites for hydroxylation is 1. The van der Waals surface area contributed by atoms with Gasteiger partial charge in [0.25, 0.3) is 0 Å². The summed E-state index contributed by atoms with van der Waals surface area (Å²) in [5.74, 6) is -0.0671. The molecule has 1 aliphatic rings. The van der Waals surface area contributed by atoms with E-state index in [0.717, 1.165) is 43.5 Å². The highest BCUT2D eigenvalue weighted by Gasteiger charge is 2.22. The van der Waals surface area contributed by atoms with Crippen molar-refractivity contribution >= 4 is 11.6 Å². The minimum Gasteiger partial charge on any atom is -0.399 e. The fourth-order valence-electron chi connectivity index (χ4n) is 4.05. The second-order valence-electron chi connectivity index (χ2n) is 8.40. The van der Waals surface area contributed by atoms with Gasteiger partial charge in [-0.15, -0.1) is 0 Å². The molecule has 0 radical (unpaired) electrons. The molecule has 2 aromatic carbocycles.